The van der Waals surface area contributed by atoms with Crippen LogP contribution >= 0.6 is 0 Å². The fraction of sp³-hybridized carbons (Fsp3) is 0.208. The van der Waals surface area contributed by atoms with Gasteiger partial charge in [-0.2, -0.15) is 0 Å². The molecule has 0 radical (unpaired) electrons. The van der Waals surface area contributed by atoms with E-state index in [1.165, 1.54) is 20.3 Å². The number of carbonyl (C=O) groups excluding carboxylic acids is 1. The summed E-state index contributed by atoms with van der Waals surface area (Å²) < 4.78 is 26.5. The third-order valence-corrected chi connectivity index (χ3v) is 4.36. The molecule has 0 aliphatic carbocycles. The Hall–Kier alpha value is -3.55. The summed E-state index contributed by atoms with van der Waals surface area (Å²) in [5.74, 6) is 1.06. The Morgan fingerprint density at radius 1 is 0.806 bits per heavy atom. The Morgan fingerprint density at radius 2 is 1.35 bits per heavy atom. The van der Waals surface area contributed by atoms with Gasteiger partial charge in [0, 0.05) is 25.3 Å². The first kappa shape index (κ1) is 22.1. The van der Waals surface area contributed by atoms with Crippen LogP contribution in [0.4, 0.5) is 0 Å². The van der Waals surface area contributed by atoms with Crippen LogP contribution in [0.15, 0.2) is 72.8 Å². The lowest BCUT2D eigenvalue weighted by atomic mass is 9.99. The third kappa shape index (κ3) is 5.97. The zero-order chi connectivity index (χ0) is 22.1. The molecule has 0 aliphatic rings. The van der Waals surface area contributed by atoms with Crippen molar-refractivity contribution in [2.24, 2.45) is 0 Å². The van der Waals surface area contributed by atoms with E-state index in [1.807, 2.05) is 0 Å². The van der Waals surface area contributed by atoms with E-state index >= 15 is 0 Å². The average Bonchev–Trinajstić information content (AvgIpc) is 2.81. The van der Waals surface area contributed by atoms with Gasteiger partial charge >= 0.3 is 0 Å². The van der Waals surface area contributed by atoms with Crippen molar-refractivity contribution in [1.29, 1.82) is 0 Å². The molecule has 7 nitrogen and oxygen atoms in total. The van der Waals surface area contributed by atoms with Crippen LogP contribution in [0.5, 0.6) is 23.0 Å². The van der Waals surface area contributed by atoms with Crippen molar-refractivity contribution >= 4 is 5.78 Å². The standard InChI is InChI=1S/C24H24O7/c1-27-15-29-19-11-7-17(8-12-19)23(26)24(31-22-6-4-3-5-21(22)25)18-9-13-20(14-10-18)30-16-28-2/h3-14,24-25H,15-16H2,1-2H3. The molecule has 0 fully saturated rings. The minimum atomic E-state index is -0.976. The van der Waals surface area contributed by atoms with Crippen LogP contribution in [-0.4, -0.2) is 38.7 Å². The summed E-state index contributed by atoms with van der Waals surface area (Å²) in [6.45, 7) is 0.234. The molecule has 0 aliphatic heterocycles. The number of methoxy groups -OCH3 is 2. The number of Topliss-reactive ketones (excluding diaryl/α,β-unsaturated/α-hetero) is 1. The monoisotopic (exact) mass is 424 g/mol. The van der Waals surface area contributed by atoms with E-state index in [0.717, 1.165) is 0 Å². The second-order valence-corrected chi connectivity index (χ2v) is 6.53. The number of para-hydroxylation sites is 2. The molecule has 3 aromatic rings. The Morgan fingerprint density at radius 3 is 1.90 bits per heavy atom. The molecule has 162 valence electrons. The largest absolute Gasteiger partial charge is 0.504 e. The molecule has 0 heterocycles. The quantitative estimate of drug-likeness (QED) is 0.362. The van der Waals surface area contributed by atoms with E-state index < -0.39 is 6.10 Å². The predicted octanol–water partition coefficient (Wildman–Crippen LogP) is 4.36. The molecule has 3 aromatic carbocycles. The number of ketones is 1. The van der Waals surface area contributed by atoms with E-state index in [4.69, 9.17) is 23.7 Å². The Balaban J connectivity index is 1.87. The average molecular weight is 424 g/mol. The van der Waals surface area contributed by atoms with E-state index in [9.17, 15) is 9.90 Å². The Labute approximate surface area is 180 Å². The van der Waals surface area contributed by atoms with Crippen molar-refractivity contribution in [2.75, 3.05) is 27.8 Å². The van der Waals surface area contributed by atoms with Gasteiger partial charge in [0.2, 0.25) is 5.78 Å². The van der Waals surface area contributed by atoms with Crippen LogP contribution in [0.2, 0.25) is 0 Å². The second-order valence-electron chi connectivity index (χ2n) is 6.53. The molecule has 1 atom stereocenters. The lowest BCUT2D eigenvalue weighted by molar-refractivity contribution is 0.0508. The van der Waals surface area contributed by atoms with Crippen LogP contribution in [0.25, 0.3) is 0 Å². The van der Waals surface area contributed by atoms with Gasteiger partial charge in [-0.1, -0.05) is 24.3 Å². The summed E-state index contributed by atoms with van der Waals surface area (Å²) in [7, 11) is 3.07. The number of phenolic OH excluding ortho intramolecular Hbond substituents is 1. The summed E-state index contributed by atoms with van der Waals surface area (Å²) in [5.41, 5.74) is 1.04. The number of carbonyl (C=O) groups is 1. The fourth-order valence-electron chi connectivity index (χ4n) is 2.82. The number of aromatic hydroxyl groups is 1. The maximum atomic E-state index is 13.3. The number of hydrogen-bond donors (Lipinski definition) is 1. The summed E-state index contributed by atoms with van der Waals surface area (Å²) >= 11 is 0. The Kier molecular flexibility index (Phi) is 7.86. The maximum Gasteiger partial charge on any atom is 0.207 e. The summed E-state index contributed by atoms with van der Waals surface area (Å²) in [4.78, 5) is 13.3. The predicted molar refractivity (Wildman–Crippen MR) is 114 cm³/mol. The van der Waals surface area contributed by atoms with Crippen LogP contribution in [-0.2, 0) is 9.47 Å². The summed E-state index contributed by atoms with van der Waals surface area (Å²) in [6, 6.07) is 20.1. The topological polar surface area (TPSA) is 83.5 Å². The van der Waals surface area contributed by atoms with Crippen LogP contribution in [0.3, 0.4) is 0 Å². The first-order valence-corrected chi connectivity index (χ1v) is 9.54. The second kappa shape index (κ2) is 11.0. The van der Waals surface area contributed by atoms with Gasteiger partial charge in [-0.3, -0.25) is 4.79 Å². The van der Waals surface area contributed by atoms with E-state index in [-0.39, 0.29) is 30.9 Å². The van der Waals surface area contributed by atoms with Crippen molar-refractivity contribution in [1.82, 2.24) is 0 Å². The van der Waals surface area contributed by atoms with Gasteiger partial charge in [-0.15, -0.1) is 0 Å². The van der Waals surface area contributed by atoms with Crippen molar-refractivity contribution in [3.8, 4) is 23.0 Å². The SMILES string of the molecule is COCOc1ccc(C(=O)C(Oc2ccccc2O)c2ccc(OCOC)cc2)cc1. The number of ether oxygens (including phenoxy) is 5. The molecule has 0 spiro atoms. The molecule has 7 heteroatoms. The highest BCUT2D eigenvalue weighted by molar-refractivity contribution is 6.00. The van der Waals surface area contributed by atoms with Crippen molar-refractivity contribution < 1.29 is 33.6 Å². The molecular formula is C24H24O7. The van der Waals surface area contributed by atoms with Gasteiger partial charge in [0.15, 0.2) is 31.2 Å². The lowest BCUT2D eigenvalue weighted by Crippen LogP contribution is -2.19. The summed E-state index contributed by atoms with van der Waals surface area (Å²) in [5, 5.41) is 10.1. The molecular weight excluding hydrogens is 400 g/mol. The first-order valence-electron chi connectivity index (χ1n) is 9.54. The van der Waals surface area contributed by atoms with Gasteiger partial charge in [0.1, 0.15) is 11.5 Å². The molecule has 0 amide bonds. The number of hydrogen-bond acceptors (Lipinski definition) is 7. The van der Waals surface area contributed by atoms with Crippen molar-refractivity contribution in [3.63, 3.8) is 0 Å². The lowest BCUT2D eigenvalue weighted by Gasteiger charge is -2.20. The van der Waals surface area contributed by atoms with Gasteiger partial charge < -0.3 is 28.8 Å². The molecule has 3 rings (SSSR count). The molecule has 0 aromatic heterocycles. The van der Waals surface area contributed by atoms with Crippen LogP contribution in [0.1, 0.15) is 22.0 Å². The molecule has 0 saturated heterocycles. The van der Waals surface area contributed by atoms with Gasteiger partial charge in [-0.05, 0) is 48.5 Å². The molecule has 31 heavy (non-hydrogen) atoms. The zero-order valence-electron chi connectivity index (χ0n) is 17.3. The highest BCUT2D eigenvalue weighted by Crippen LogP contribution is 2.32. The van der Waals surface area contributed by atoms with Crippen LogP contribution in [0, 0.1) is 0 Å². The Bertz CT molecular complexity index is 968. The van der Waals surface area contributed by atoms with Gasteiger partial charge in [0.05, 0.1) is 0 Å². The van der Waals surface area contributed by atoms with Gasteiger partial charge in [-0.25, -0.2) is 0 Å². The molecule has 0 saturated carbocycles. The van der Waals surface area contributed by atoms with Crippen molar-refractivity contribution in [3.05, 3.63) is 83.9 Å². The number of phenols is 1. The highest BCUT2D eigenvalue weighted by atomic mass is 16.7. The molecule has 1 unspecified atom stereocenters. The maximum absolute atomic E-state index is 13.3. The number of rotatable bonds is 11. The molecule has 0 bridgehead atoms. The molecule has 1 N–H and O–H groups in total. The fourth-order valence-corrected chi connectivity index (χ4v) is 2.82. The normalized spacial score (nSPS) is 11.5. The smallest absolute Gasteiger partial charge is 0.207 e. The third-order valence-electron chi connectivity index (χ3n) is 4.36. The van der Waals surface area contributed by atoms with E-state index in [0.29, 0.717) is 22.6 Å². The summed E-state index contributed by atoms with van der Waals surface area (Å²) in [6.07, 6.45) is -0.976. The van der Waals surface area contributed by atoms with E-state index in [1.54, 1.807) is 66.7 Å². The number of benzene rings is 3. The minimum absolute atomic E-state index is 0.0522. The zero-order valence-corrected chi connectivity index (χ0v) is 17.3. The van der Waals surface area contributed by atoms with Crippen molar-refractivity contribution in [2.45, 2.75) is 6.10 Å². The van der Waals surface area contributed by atoms with Crippen LogP contribution < -0.4 is 14.2 Å². The minimum Gasteiger partial charge on any atom is -0.504 e. The van der Waals surface area contributed by atoms with E-state index in [2.05, 4.69) is 0 Å². The van der Waals surface area contributed by atoms with Gasteiger partial charge in [0.25, 0.3) is 0 Å². The first-order chi connectivity index (χ1) is 15.1. The highest BCUT2D eigenvalue weighted by Gasteiger charge is 2.25.